The van der Waals surface area contributed by atoms with Gasteiger partial charge in [0.2, 0.25) is 0 Å². The lowest BCUT2D eigenvalue weighted by molar-refractivity contribution is -0.111. The van der Waals surface area contributed by atoms with E-state index in [-0.39, 0.29) is 15.8 Å². The third-order valence-corrected chi connectivity index (χ3v) is 6.73. The number of aromatic nitrogens is 1. The number of nitrogens with zero attached hydrogens (tertiary/aromatic N) is 2. The van der Waals surface area contributed by atoms with Crippen molar-refractivity contribution >= 4 is 57.8 Å². The number of benzene rings is 3. The molecule has 0 atom stereocenters. The Morgan fingerprint density at radius 2 is 1.83 bits per heavy atom. The highest BCUT2D eigenvalue weighted by atomic mass is 35.5. The van der Waals surface area contributed by atoms with Crippen molar-refractivity contribution in [3.05, 3.63) is 108 Å². The zero-order valence-electron chi connectivity index (χ0n) is 19.0. The monoisotopic (exact) mass is 535 g/mol. The molecule has 6 nitrogen and oxygen atoms in total. The second-order valence-corrected chi connectivity index (χ2v) is 9.30. The molecule has 0 saturated carbocycles. The molecule has 180 valence electrons. The Morgan fingerprint density at radius 1 is 1.11 bits per heavy atom. The zero-order valence-corrected chi connectivity index (χ0v) is 21.3. The van der Waals surface area contributed by atoms with Crippen LogP contribution in [0.5, 0.6) is 5.75 Å². The molecule has 4 aromatic rings. The van der Waals surface area contributed by atoms with Gasteiger partial charge in [0, 0.05) is 10.6 Å². The quantitative estimate of drug-likeness (QED) is 0.386. The maximum Gasteiger partial charge on any atom is 0.273 e. The minimum Gasteiger partial charge on any atom is -0.493 e. The van der Waals surface area contributed by atoms with Gasteiger partial charge in [-0.1, -0.05) is 53.5 Å². The van der Waals surface area contributed by atoms with Crippen molar-refractivity contribution in [3.63, 3.8) is 0 Å². The van der Waals surface area contributed by atoms with Gasteiger partial charge in [0.15, 0.2) is 5.57 Å². The summed E-state index contributed by atoms with van der Waals surface area (Å²) in [5.74, 6) is -0.121. The van der Waals surface area contributed by atoms with Gasteiger partial charge in [-0.3, -0.25) is 14.2 Å². The van der Waals surface area contributed by atoms with E-state index in [1.54, 1.807) is 72.8 Å². The van der Waals surface area contributed by atoms with E-state index in [0.29, 0.717) is 43.9 Å². The summed E-state index contributed by atoms with van der Waals surface area (Å²) in [6.45, 7) is 2.29. The Bertz CT molecular complexity index is 1650. The number of hydrogen-bond acceptors (Lipinski definition) is 5. The van der Waals surface area contributed by atoms with Gasteiger partial charge in [0.1, 0.15) is 16.5 Å². The molecule has 1 amide bonds. The molecule has 0 aliphatic heterocycles. The van der Waals surface area contributed by atoms with Crippen molar-refractivity contribution < 1.29 is 9.53 Å². The summed E-state index contributed by atoms with van der Waals surface area (Å²) >= 11 is 13.4. The van der Waals surface area contributed by atoms with E-state index in [1.165, 1.54) is 4.57 Å². The van der Waals surface area contributed by atoms with Crippen LogP contribution in [0.4, 0.5) is 5.69 Å². The first-order valence-corrected chi connectivity index (χ1v) is 12.4. The van der Waals surface area contributed by atoms with Gasteiger partial charge >= 0.3 is 0 Å². The molecule has 3 aromatic carbocycles. The minimum atomic E-state index is -0.680. The van der Waals surface area contributed by atoms with E-state index in [1.807, 2.05) is 19.1 Å². The number of nitriles is 1. The molecule has 0 saturated heterocycles. The van der Waals surface area contributed by atoms with Gasteiger partial charge in [-0.2, -0.15) is 5.26 Å². The van der Waals surface area contributed by atoms with Crippen LogP contribution in [-0.2, 0) is 4.79 Å². The highest BCUT2D eigenvalue weighted by Gasteiger charge is 2.18. The number of nitrogens with one attached hydrogen (secondary N) is 1. The molecule has 0 spiro atoms. The van der Waals surface area contributed by atoms with E-state index in [2.05, 4.69) is 5.32 Å². The van der Waals surface area contributed by atoms with Gasteiger partial charge in [-0.15, -0.1) is 11.3 Å². The fourth-order valence-electron chi connectivity index (χ4n) is 3.46. The fourth-order valence-corrected chi connectivity index (χ4v) is 4.92. The Morgan fingerprint density at radius 3 is 2.53 bits per heavy atom. The van der Waals surface area contributed by atoms with Crippen LogP contribution in [-0.4, -0.2) is 17.1 Å². The van der Waals surface area contributed by atoms with Crippen LogP contribution in [0.25, 0.3) is 17.3 Å². The van der Waals surface area contributed by atoms with E-state index in [0.717, 1.165) is 11.3 Å². The molecule has 1 heterocycles. The first-order chi connectivity index (χ1) is 17.4. The Kier molecular flexibility index (Phi) is 7.91. The molecule has 0 radical (unpaired) electrons. The van der Waals surface area contributed by atoms with E-state index < -0.39 is 5.91 Å². The molecule has 0 aliphatic carbocycles. The molecule has 0 fully saturated rings. The normalized spacial score (nSPS) is 12.1. The highest BCUT2D eigenvalue weighted by molar-refractivity contribution is 7.07. The van der Waals surface area contributed by atoms with Crippen molar-refractivity contribution in [1.82, 2.24) is 4.57 Å². The lowest BCUT2D eigenvalue weighted by atomic mass is 10.2. The van der Waals surface area contributed by atoms with Crippen molar-refractivity contribution in [2.24, 2.45) is 0 Å². The predicted octanol–water partition coefficient (Wildman–Crippen LogP) is 4.75. The number of ether oxygens (including phenoxy) is 1. The summed E-state index contributed by atoms with van der Waals surface area (Å²) in [4.78, 5) is 26.8. The highest BCUT2D eigenvalue weighted by Crippen LogP contribution is 2.24. The van der Waals surface area contributed by atoms with Gasteiger partial charge in [0.25, 0.3) is 11.5 Å². The van der Waals surface area contributed by atoms with Crippen molar-refractivity contribution in [2.75, 3.05) is 11.9 Å². The lowest BCUT2D eigenvalue weighted by Crippen LogP contribution is -2.32. The third-order valence-electron chi connectivity index (χ3n) is 5.07. The summed E-state index contributed by atoms with van der Waals surface area (Å²) < 4.78 is 7.52. The summed E-state index contributed by atoms with van der Waals surface area (Å²) in [6, 6.07) is 22.6. The fraction of sp³-hybridized carbons (Fsp3) is 0.0741. The van der Waals surface area contributed by atoms with E-state index in [4.69, 9.17) is 27.9 Å². The first-order valence-electron chi connectivity index (χ1n) is 10.8. The Labute approximate surface area is 220 Å². The van der Waals surface area contributed by atoms with Crippen molar-refractivity contribution in [2.45, 2.75) is 6.92 Å². The number of rotatable bonds is 6. The molecule has 1 N–H and O–H groups in total. The maximum absolute atomic E-state index is 13.6. The average Bonchev–Trinajstić information content (AvgIpc) is 3.18. The molecule has 4 rings (SSSR count). The molecular formula is C27H19Cl2N3O3S. The molecule has 1 aromatic heterocycles. The number of amides is 1. The largest absolute Gasteiger partial charge is 0.493 e. The van der Waals surface area contributed by atoms with Gasteiger partial charge in [-0.25, -0.2) is 0 Å². The molecular weight excluding hydrogens is 517 g/mol. The summed E-state index contributed by atoms with van der Waals surface area (Å²) in [5, 5.41) is 13.4. The summed E-state index contributed by atoms with van der Waals surface area (Å²) in [5.41, 5.74) is 0.865. The molecule has 0 unspecified atom stereocenters. The number of carbonyl (C=O) groups is 1. The van der Waals surface area contributed by atoms with Crippen LogP contribution in [0.1, 0.15) is 12.5 Å². The minimum absolute atomic E-state index is 0.185. The summed E-state index contributed by atoms with van der Waals surface area (Å²) in [7, 11) is 0. The van der Waals surface area contributed by atoms with E-state index in [9.17, 15) is 14.9 Å². The predicted molar refractivity (Wildman–Crippen MR) is 144 cm³/mol. The number of anilines is 1. The van der Waals surface area contributed by atoms with Crippen molar-refractivity contribution in [1.29, 1.82) is 5.26 Å². The van der Waals surface area contributed by atoms with Crippen molar-refractivity contribution in [3.8, 4) is 17.5 Å². The second-order valence-electron chi connectivity index (χ2n) is 7.43. The molecule has 0 aliphatic rings. The SMILES string of the molecule is CCOc1ccc(Cl)cc1/C=c1/s/c(=C(\C#N)C(=O)Nc2ccccc2Cl)n(-c2ccccc2)c1=O. The lowest BCUT2D eigenvalue weighted by Gasteiger charge is -2.07. The van der Waals surface area contributed by atoms with Crippen LogP contribution in [0, 0.1) is 11.3 Å². The summed E-state index contributed by atoms with van der Waals surface area (Å²) in [6.07, 6.45) is 1.65. The number of carbonyl (C=O) groups excluding carboxylic acids is 1. The Hall–Kier alpha value is -3.83. The standard InChI is InChI=1S/C27H19Cl2N3O3S/c1-2-35-23-13-12-18(28)14-17(23)15-24-26(34)32(19-8-4-3-5-9-19)27(36-24)20(16-30)25(33)31-22-11-7-6-10-21(22)29/h3-15H,2H2,1H3,(H,31,33)/b24-15+,27-20+. The van der Waals surface area contributed by atoms with Gasteiger partial charge < -0.3 is 10.1 Å². The van der Waals surface area contributed by atoms with Gasteiger partial charge in [-0.05, 0) is 55.5 Å². The molecule has 9 heteroatoms. The van der Waals surface area contributed by atoms with Crippen LogP contribution in [0.2, 0.25) is 10.0 Å². The number of hydrogen-bond donors (Lipinski definition) is 1. The molecule has 0 bridgehead atoms. The van der Waals surface area contributed by atoms with Gasteiger partial charge in [0.05, 0.1) is 27.5 Å². The Balaban J connectivity index is 1.98. The second kappa shape index (κ2) is 11.3. The smallest absolute Gasteiger partial charge is 0.273 e. The van der Waals surface area contributed by atoms with Crippen LogP contribution in [0.3, 0.4) is 0 Å². The number of thiazole rings is 1. The zero-order chi connectivity index (χ0) is 25.7. The maximum atomic E-state index is 13.6. The van der Waals surface area contributed by atoms with Crippen LogP contribution < -0.4 is 24.8 Å². The molecule has 36 heavy (non-hydrogen) atoms. The number of halogens is 2. The third kappa shape index (κ3) is 5.37. The van der Waals surface area contributed by atoms with E-state index >= 15 is 0 Å². The van der Waals surface area contributed by atoms with Crippen LogP contribution >= 0.6 is 34.5 Å². The average molecular weight is 536 g/mol. The van der Waals surface area contributed by atoms with Crippen LogP contribution in [0.15, 0.2) is 77.6 Å². The topological polar surface area (TPSA) is 84.1 Å². The first kappa shape index (κ1) is 25.3. The number of para-hydroxylation sites is 2.